The van der Waals surface area contributed by atoms with E-state index in [-0.39, 0.29) is 24.8 Å². The molecule has 16 heavy (non-hydrogen) atoms. The van der Waals surface area contributed by atoms with E-state index in [9.17, 15) is 0 Å². The molecule has 1 aromatic rings. The Bertz CT molecular complexity index is 267. The van der Waals surface area contributed by atoms with E-state index in [1.54, 1.807) is 18.3 Å². The Morgan fingerprint density at radius 3 is 2.50 bits per heavy atom. The van der Waals surface area contributed by atoms with Crippen LogP contribution in [0.5, 0.6) is 5.88 Å². The molecular weight excluding hydrogens is 249 g/mol. The van der Waals surface area contributed by atoms with Gasteiger partial charge in [0.05, 0.1) is 18.5 Å². The monoisotopic (exact) mass is 267 g/mol. The Morgan fingerprint density at radius 2 is 2.00 bits per heavy atom. The van der Waals surface area contributed by atoms with E-state index in [0.717, 1.165) is 13.0 Å². The maximum Gasteiger partial charge on any atom is 0.213 e. The molecule has 94 valence electrons. The number of hydrogen-bond acceptors (Lipinski definition) is 4. The lowest BCUT2D eigenvalue weighted by Crippen LogP contribution is -2.15. The summed E-state index contributed by atoms with van der Waals surface area (Å²) < 4.78 is 5.42. The van der Waals surface area contributed by atoms with E-state index in [0.29, 0.717) is 18.2 Å². The first-order chi connectivity index (χ1) is 6.68. The Balaban J connectivity index is 0. The first kappa shape index (κ1) is 17.7. The van der Waals surface area contributed by atoms with Crippen molar-refractivity contribution >= 4 is 30.5 Å². The number of rotatable bonds is 5. The second kappa shape index (κ2) is 9.51. The molecule has 0 amide bonds. The average molecular weight is 268 g/mol. The second-order valence-electron chi connectivity index (χ2n) is 3.44. The van der Waals surface area contributed by atoms with Crippen LogP contribution in [0.15, 0.2) is 18.3 Å². The van der Waals surface area contributed by atoms with Crippen LogP contribution in [0, 0.1) is 0 Å². The van der Waals surface area contributed by atoms with Crippen LogP contribution in [0.1, 0.15) is 6.42 Å². The van der Waals surface area contributed by atoms with Gasteiger partial charge < -0.3 is 15.4 Å². The van der Waals surface area contributed by atoms with E-state index in [4.69, 9.17) is 10.5 Å². The zero-order valence-corrected chi connectivity index (χ0v) is 11.2. The summed E-state index contributed by atoms with van der Waals surface area (Å²) in [4.78, 5) is 6.16. The molecule has 6 heteroatoms. The van der Waals surface area contributed by atoms with Crippen molar-refractivity contribution in [2.75, 3.05) is 33.0 Å². The number of nitrogens with two attached hydrogens (primary N) is 1. The molecule has 1 aromatic heterocycles. The fourth-order valence-electron chi connectivity index (χ4n) is 1.03. The van der Waals surface area contributed by atoms with E-state index in [1.807, 2.05) is 14.1 Å². The lowest BCUT2D eigenvalue weighted by molar-refractivity contribution is 0.273. The van der Waals surface area contributed by atoms with Gasteiger partial charge in [-0.05, 0) is 26.6 Å². The van der Waals surface area contributed by atoms with Crippen LogP contribution in [-0.4, -0.2) is 37.1 Å². The fraction of sp³-hybridized carbons (Fsp3) is 0.500. The molecule has 1 heterocycles. The number of anilines is 1. The number of pyridine rings is 1. The van der Waals surface area contributed by atoms with E-state index < -0.39 is 0 Å². The minimum atomic E-state index is 0. The van der Waals surface area contributed by atoms with Gasteiger partial charge in [-0.15, -0.1) is 24.8 Å². The third-order valence-electron chi connectivity index (χ3n) is 1.76. The summed E-state index contributed by atoms with van der Waals surface area (Å²) in [5.41, 5.74) is 6.15. The molecule has 0 unspecified atom stereocenters. The van der Waals surface area contributed by atoms with Crippen molar-refractivity contribution in [2.45, 2.75) is 6.42 Å². The van der Waals surface area contributed by atoms with Crippen LogP contribution in [0.3, 0.4) is 0 Å². The molecule has 0 bridgehead atoms. The minimum absolute atomic E-state index is 0. The van der Waals surface area contributed by atoms with Crippen LogP contribution in [0.4, 0.5) is 5.69 Å². The zero-order chi connectivity index (χ0) is 10.4. The topological polar surface area (TPSA) is 51.4 Å². The summed E-state index contributed by atoms with van der Waals surface area (Å²) in [6, 6.07) is 3.57. The molecule has 0 atom stereocenters. The number of hydrogen-bond donors (Lipinski definition) is 1. The Hall–Kier alpha value is -0.710. The predicted molar refractivity (Wildman–Crippen MR) is 71.8 cm³/mol. The molecule has 0 spiro atoms. The average Bonchev–Trinajstić information content (AvgIpc) is 2.15. The van der Waals surface area contributed by atoms with E-state index >= 15 is 0 Å². The lowest BCUT2D eigenvalue weighted by atomic mass is 10.4. The minimum Gasteiger partial charge on any atom is -0.478 e. The largest absolute Gasteiger partial charge is 0.478 e. The van der Waals surface area contributed by atoms with Gasteiger partial charge in [0.15, 0.2) is 0 Å². The molecule has 1 rings (SSSR count). The maximum atomic E-state index is 5.50. The van der Waals surface area contributed by atoms with Gasteiger partial charge in [0.25, 0.3) is 0 Å². The van der Waals surface area contributed by atoms with Crippen LogP contribution in [-0.2, 0) is 0 Å². The number of ether oxygens (including phenoxy) is 1. The van der Waals surface area contributed by atoms with Gasteiger partial charge >= 0.3 is 0 Å². The van der Waals surface area contributed by atoms with Crippen LogP contribution < -0.4 is 10.5 Å². The van der Waals surface area contributed by atoms with E-state index in [2.05, 4.69) is 9.88 Å². The van der Waals surface area contributed by atoms with Gasteiger partial charge in [0, 0.05) is 12.6 Å². The van der Waals surface area contributed by atoms with Crippen molar-refractivity contribution in [1.29, 1.82) is 0 Å². The SMILES string of the molecule is CN(C)CCCOc1ccc(N)cn1.Cl.Cl. The zero-order valence-electron chi connectivity index (χ0n) is 9.55. The van der Waals surface area contributed by atoms with Gasteiger partial charge in [-0.1, -0.05) is 0 Å². The third kappa shape index (κ3) is 7.56. The predicted octanol–water partition coefficient (Wildman–Crippen LogP) is 1.84. The third-order valence-corrected chi connectivity index (χ3v) is 1.76. The lowest BCUT2D eigenvalue weighted by Gasteiger charge is -2.09. The molecule has 4 nitrogen and oxygen atoms in total. The van der Waals surface area contributed by atoms with Gasteiger partial charge in [-0.25, -0.2) is 4.98 Å². The molecule has 0 saturated carbocycles. The highest BCUT2D eigenvalue weighted by atomic mass is 35.5. The Kier molecular flexibility index (Phi) is 10.5. The highest BCUT2D eigenvalue weighted by Gasteiger charge is 1.95. The van der Waals surface area contributed by atoms with Gasteiger partial charge in [0.2, 0.25) is 5.88 Å². The summed E-state index contributed by atoms with van der Waals surface area (Å²) in [5, 5.41) is 0. The fourth-order valence-corrected chi connectivity index (χ4v) is 1.03. The standard InChI is InChI=1S/C10H17N3O.2ClH/c1-13(2)6-3-7-14-10-5-4-9(11)8-12-10;;/h4-5,8H,3,6-7,11H2,1-2H3;2*1H. The van der Waals surface area contributed by atoms with Crippen molar-refractivity contribution < 1.29 is 4.74 Å². The summed E-state index contributed by atoms with van der Waals surface area (Å²) >= 11 is 0. The Morgan fingerprint density at radius 1 is 1.31 bits per heavy atom. The highest BCUT2D eigenvalue weighted by Crippen LogP contribution is 2.08. The van der Waals surface area contributed by atoms with Gasteiger partial charge in [-0.2, -0.15) is 0 Å². The first-order valence-corrected chi connectivity index (χ1v) is 4.67. The molecule has 0 aliphatic heterocycles. The smallest absolute Gasteiger partial charge is 0.213 e. The number of halogens is 2. The normalized spacial score (nSPS) is 9.19. The maximum absolute atomic E-state index is 5.50. The van der Waals surface area contributed by atoms with Crippen LogP contribution >= 0.6 is 24.8 Å². The van der Waals surface area contributed by atoms with Crippen LogP contribution in [0.2, 0.25) is 0 Å². The second-order valence-corrected chi connectivity index (χ2v) is 3.44. The van der Waals surface area contributed by atoms with Crippen molar-refractivity contribution in [3.8, 4) is 5.88 Å². The van der Waals surface area contributed by atoms with Crippen molar-refractivity contribution in [1.82, 2.24) is 9.88 Å². The number of aromatic nitrogens is 1. The quantitative estimate of drug-likeness (QED) is 0.828. The molecule has 0 saturated heterocycles. The summed E-state index contributed by atoms with van der Waals surface area (Å²) in [6.07, 6.45) is 2.60. The van der Waals surface area contributed by atoms with Gasteiger partial charge in [-0.3, -0.25) is 0 Å². The highest BCUT2D eigenvalue weighted by molar-refractivity contribution is 5.85. The molecule has 0 fully saturated rings. The molecule has 0 aromatic carbocycles. The summed E-state index contributed by atoms with van der Waals surface area (Å²) in [7, 11) is 4.09. The molecular formula is C10H19Cl2N3O. The Labute approximate surface area is 109 Å². The summed E-state index contributed by atoms with van der Waals surface area (Å²) in [6.45, 7) is 1.71. The number of nitrogens with zero attached hydrogens (tertiary/aromatic N) is 2. The molecule has 0 aliphatic carbocycles. The number of nitrogen functional groups attached to an aromatic ring is 1. The summed E-state index contributed by atoms with van der Waals surface area (Å²) in [5.74, 6) is 0.637. The first-order valence-electron chi connectivity index (χ1n) is 4.67. The van der Waals surface area contributed by atoms with Crippen molar-refractivity contribution in [3.63, 3.8) is 0 Å². The van der Waals surface area contributed by atoms with E-state index in [1.165, 1.54) is 0 Å². The molecule has 2 N–H and O–H groups in total. The van der Waals surface area contributed by atoms with Crippen molar-refractivity contribution in [2.24, 2.45) is 0 Å². The molecule has 0 aliphatic rings. The van der Waals surface area contributed by atoms with Crippen molar-refractivity contribution in [3.05, 3.63) is 18.3 Å². The van der Waals surface area contributed by atoms with Gasteiger partial charge in [0.1, 0.15) is 0 Å². The van der Waals surface area contributed by atoms with Crippen LogP contribution in [0.25, 0.3) is 0 Å². The molecule has 0 radical (unpaired) electrons.